The fourth-order valence-electron chi connectivity index (χ4n) is 4.66. The summed E-state index contributed by atoms with van der Waals surface area (Å²) in [6, 6.07) is 13.9. The summed E-state index contributed by atoms with van der Waals surface area (Å²) in [6.45, 7) is -0.169. The van der Waals surface area contributed by atoms with Gasteiger partial charge in [0.05, 0.1) is 24.9 Å². The Morgan fingerprint density at radius 2 is 1.87 bits per heavy atom. The van der Waals surface area contributed by atoms with Crippen molar-refractivity contribution < 1.29 is 24.4 Å². The van der Waals surface area contributed by atoms with Crippen molar-refractivity contribution in [2.24, 2.45) is 0 Å². The highest BCUT2D eigenvalue weighted by Gasteiger charge is 2.43. The van der Waals surface area contributed by atoms with E-state index in [0.717, 1.165) is 35.3 Å². The Hall–Kier alpha value is -1.63. The maximum atomic E-state index is 10.3. The molecule has 1 aliphatic heterocycles. The van der Waals surface area contributed by atoms with Crippen LogP contribution in [0.15, 0.2) is 42.5 Å². The molecular formula is C25H31ClO5. The minimum Gasteiger partial charge on any atom is -0.490 e. The van der Waals surface area contributed by atoms with Crippen LogP contribution in [0.3, 0.4) is 0 Å². The van der Waals surface area contributed by atoms with Gasteiger partial charge >= 0.3 is 0 Å². The molecule has 0 amide bonds. The topological polar surface area (TPSA) is 68.2 Å². The zero-order valence-electron chi connectivity index (χ0n) is 17.9. The van der Waals surface area contributed by atoms with Gasteiger partial charge in [0, 0.05) is 30.5 Å². The van der Waals surface area contributed by atoms with Gasteiger partial charge < -0.3 is 24.4 Å². The van der Waals surface area contributed by atoms with Gasteiger partial charge in [-0.25, -0.2) is 0 Å². The first kappa shape index (κ1) is 22.6. The van der Waals surface area contributed by atoms with E-state index in [1.165, 1.54) is 12.8 Å². The summed E-state index contributed by atoms with van der Waals surface area (Å²) in [4.78, 5) is 0. The second-order valence-electron chi connectivity index (χ2n) is 8.62. The molecule has 1 aliphatic carbocycles. The summed E-state index contributed by atoms with van der Waals surface area (Å²) in [6.07, 6.45) is 5.37. The van der Waals surface area contributed by atoms with Crippen molar-refractivity contribution in [3.05, 3.63) is 64.2 Å². The van der Waals surface area contributed by atoms with Gasteiger partial charge in [-0.2, -0.15) is 0 Å². The smallest absolute Gasteiger partial charge is 0.197 e. The van der Waals surface area contributed by atoms with E-state index in [4.69, 9.17) is 25.8 Å². The Morgan fingerprint density at radius 3 is 2.55 bits per heavy atom. The van der Waals surface area contributed by atoms with Gasteiger partial charge in [-0.3, -0.25) is 0 Å². The highest BCUT2D eigenvalue weighted by molar-refractivity contribution is 6.31. The van der Waals surface area contributed by atoms with Gasteiger partial charge in [0.1, 0.15) is 5.75 Å². The van der Waals surface area contributed by atoms with E-state index in [1.807, 2.05) is 30.3 Å². The van der Waals surface area contributed by atoms with E-state index in [2.05, 4.69) is 12.1 Å². The molecule has 168 valence electrons. The van der Waals surface area contributed by atoms with Crippen molar-refractivity contribution in [2.75, 3.05) is 13.7 Å². The largest absolute Gasteiger partial charge is 0.490 e. The summed E-state index contributed by atoms with van der Waals surface area (Å²) in [5, 5.41) is 20.5. The molecule has 0 aromatic heterocycles. The van der Waals surface area contributed by atoms with Crippen LogP contribution in [0.2, 0.25) is 5.02 Å². The molecule has 0 spiro atoms. The van der Waals surface area contributed by atoms with Crippen molar-refractivity contribution in [1.82, 2.24) is 0 Å². The number of aliphatic hydroxyl groups is 2. The van der Waals surface area contributed by atoms with E-state index in [1.54, 1.807) is 7.11 Å². The summed E-state index contributed by atoms with van der Waals surface area (Å²) >= 11 is 6.51. The van der Waals surface area contributed by atoms with Gasteiger partial charge in [-0.05, 0) is 67.5 Å². The van der Waals surface area contributed by atoms with Crippen LogP contribution in [0.1, 0.15) is 55.2 Å². The molecule has 2 fully saturated rings. The van der Waals surface area contributed by atoms with Crippen LogP contribution in [0.25, 0.3) is 0 Å². The lowest BCUT2D eigenvalue weighted by Crippen LogP contribution is -2.46. The predicted molar refractivity (Wildman–Crippen MR) is 119 cm³/mol. The molecular weight excluding hydrogens is 416 g/mol. The fraction of sp³-hybridized carbons (Fsp3) is 0.520. The van der Waals surface area contributed by atoms with Crippen LogP contribution in [0, 0.1) is 0 Å². The SMILES string of the molecule is COC1(c2ccc(Cl)c(Cc3ccc(OC4CCCC4)cc3)c2)CC(O)CC(CO)O1. The normalized spacial score (nSPS) is 26.8. The maximum Gasteiger partial charge on any atom is 0.197 e. The zero-order valence-corrected chi connectivity index (χ0v) is 18.7. The second kappa shape index (κ2) is 9.88. The second-order valence-corrected chi connectivity index (χ2v) is 9.03. The standard InChI is InChI=1S/C25H31ClO5/c1-29-25(15-20(28)14-23(16-27)31-25)19-8-11-24(26)18(13-19)12-17-6-9-22(10-7-17)30-21-4-2-3-5-21/h6-11,13,20-21,23,27-28H,2-5,12,14-16H2,1H3. The third-order valence-corrected chi connectivity index (χ3v) is 6.71. The first-order valence-electron chi connectivity index (χ1n) is 11.1. The first-order valence-corrected chi connectivity index (χ1v) is 11.5. The average Bonchev–Trinajstić information content (AvgIpc) is 3.29. The molecule has 1 saturated heterocycles. The minimum atomic E-state index is -1.11. The highest BCUT2D eigenvalue weighted by Crippen LogP contribution is 2.40. The van der Waals surface area contributed by atoms with Crippen molar-refractivity contribution in [3.63, 3.8) is 0 Å². The van der Waals surface area contributed by atoms with Gasteiger partial charge in [0.2, 0.25) is 0 Å². The Labute approximate surface area is 188 Å². The van der Waals surface area contributed by atoms with Crippen molar-refractivity contribution >= 4 is 11.6 Å². The number of benzene rings is 2. The summed E-state index contributed by atoms with van der Waals surface area (Å²) in [5.74, 6) is -0.197. The molecule has 2 aromatic rings. The molecule has 3 unspecified atom stereocenters. The zero-order chi connectivity index (χ0) is 21.8. The maximum absolute atomic E-state index is 10.3. The van der Waals surface area contributed by atoms with Crippen LogP contribution in [0.4, 0.5) is 0 Å². The summed E-state index contributed by atoms with van der Waals surface area (Å²) < 4.78 is 17.9. The molecule has 6 heteroatoms. The average molecular weight is 447 g/mol. The third kappa shape index (κ3) is 5.24. The molecule has 2 aromatic carbocycles. The van der Waals surface area contributed by atoms with E-state index < -0.39 is 18.0 Å². The molecule has 2 N–H and O–H groups in total. The number of aliphatic hydroxyl groups excluding tert-OH is 2. The lowest BCUT2D eigenvalue weighted by atomic mass is 9.91. The van der Waals surface area contributed by atoms with Gasteiger partial charge in [0.25, 0.3) is 0 Å². The van der Waals surface area contributed by atoms with E-state index in [0.29, 0.717) is 30.4 Å². The van der Waals surface area contributed by atoms with Crippen LogP contribution in [-0.2, 0) is 21.7 Å². The highest BCUT2D eigenvalue weighted by atomic mass is 35.5. The minimum absolute atomic E-state index is 0.169. The molecule has 0 radical (unpaired) electrons. The molecule has 2 aliphatic rings. The van der Waals surface area contributed by atoms with Crippen molar-refractivity contribution in [2.45, 2.75) is 69.0 Å². The Morgan fingerprint density at radius 1 is 1.13 bits per heavy atom. The van der Waals surface area contributed by atoms with Crippen LogP contribution >= 0.6 is 11.6 Å². The third-order valence-electron chi connectivity index (χ3n) is 6.34. The van der Waals surface area contributed by atoms with Crippen molar-refractivity contribution in [1.29, 1.82) is 0 Å². The van der Waals surface area contributed by atoms with Crippen LogP contribution in [-0.4, -0.2) is 42.2 Å². The molecule has 5 nitrogen and oxygen atoms in total. The molecule has 1 heterocycles. The Balaban J connectivity index is 1.52. The molecule has 1 saturated carbocycles. The van der Waals surface area contributed by atoms with E-state index in [-0.39, 0.29) is 6.61 Å². The van der Waals surface area contributed by atoms with Crippen molar-refractivity contribution in [3.8, 4) is 5.75 Å². The van der Waals surface area contributed by atoms with Gasteiger partial charge in [-0.15, -0.1) is 0 Å². The number of methoxy groups -OCH3 is 1. The fourth-order valence-corrected chi connectivity index (χ4v) is 4.85. The number of hydrogen-bond donors (Lipinski definition) is 2. The monoisotopic (exact) mass is 446 g/mol. The number of ether oxygens (including phenoxy) is 3. The molecule has 31 heavy (non-hydrogen) atoms. The first-order chi connectivity index (χ1) is 15.0. The van der Waals surface area contributed by atoms with Crippen LogP contribution < -0.4 is 4.74 Å². The molecule has 3 atom stereocenters. The quantitative estimate of drug-likeness (QED) is 0.651. The van der Waals surface area contributed by atoms with Gasteiger partial charge in [0.15, 0.2) is 5.79 Å². The summed E-state index contributed by atoms with van der Waals surface area (Å²) in [7, 11) is 1.56. The van der Waals surface area contributed by atoms with Crippen LogP contribution in [0.5, 0.6) is 5.75 Å². The predicted octanol–water partition coefficient (Wildman–Crippen LogP) is 4.58. The lowest BCUT2D eigenvalue weighted by Gasteiger charge is -2.42. The molecule has 0 bridgehead atoms. The van der Waals surface area contributed by atoms with E-state index >= 15 is 0 Å². The Bertz CT molecular complexity index is 865. The molecule has 4 rings (SSSR count). The lowest BCUT2D eigenvalue weighted by molar-refractivity contribution is -0.298. The number of hydrogen-bond acceptors (Lipinski definition) is 5. The number of halogens is 1. The van der Waals surface area contributed by atoms with Gasteiger partial charge in [-0.1, -0.05) is 29.8 Å². The van der Waals surface area contributed by atoms with E-state index in [9.17, 15) is 10.2 Å². The number of rotatable bonds is 7. The Kier molecular flexibility index (Phi) is 7.19. The summed E-state index contributed by atoms with van der Waals surface area (Å²) in [5.41, 5.74) is 2.86.